The minimum absolute atomic E-state index is 0.575. The molecule has 0 fully saturated rings. The number of hydrogen-bond acceptors (Lipinski definition) is 6. The highest BCUT2D eigenvalue weighted by molar-refractivity contribution is 5.60. The topological polar surface area (TPSA) is 76.4 Å². The summed E-state index contributed by atoms with van der Waals surface area (Å²) in [5.74, 6) is 4.22. The molecule has 0 spiro atoms. The molecule has 0 aliphatic heterocycles. The lowest BCUT2D eigenvalue weighted by atomic mass is 10.2. The predicted molar refractivity (Wildman–Crippen MR) is 107 cm³/mol. The van der Waals surface area contributed by atoms with Gasteiger partial charge in [-0.15, -0.1) is 12.3 Å². The molecule has 0 amide bonds. The molecule has 0 atom stereocenters. The number of aryl methyl sites for hydroxylation is 1. The molecular weight excluding hydrogens is 340 g/mol. The molecule has 0 aliphatic carbocycles. The Bertz CT molecular complexity index is 900. The fourth-order valence-corrected chi connectivity index (χ4v) is 2.65. The van der Waals surface area contributed by atoms with Crippen LogP contribution in [0.3, 0.4) is 0 Å². The van der Waals surface area contributed by atoms with Gasteiger partial charge >= 0.3 is 0 Å². The zero-order valence-electron chi connectivity index (χ0n) is 15.5. The summed E-state index contributed by atoms with van der Waals surface area (Å²) < 4.78 is 7.31. The van der Waals surface area contributed by atoms with Crippen LogP contribution < -0.4 is 10.6 Å². The maximum Gasteiger partial charge on any atom is 0.162 e. The van der Waals surface area contributed by atoms with E-state index < -0.39 is 0 Å². The quantitative estimate of drug-likeness (QED) is 0.426. The summed E-state index contributed by atoms with van der Waals surface area (Å²) in [5.41, 5.74) is 3.06. The lowest BCUT2D eigenvalue weighted by Crippen LogP contribution is -2.13. The van der Waals surface area contributed by atoms with Gasteiger partial charge in [-0.3, -0.25) is 4.98 Å². The van der Waals surface area contributed by atoms with Gasteiger partial charge in [0.25, 0.3) is 0 Å². The molecule has 0 bridgehead atoms. The maximum atomic E-state index is 5.48. The van der Waals surface area contributed by atoms with Gasteiger partial charge in [0.15, 0.2) is 5.65 Å². The lowest BCUT2D eigenvalue weighted by Gasteiger charge is -2.12. The van der Waals surface area contributed by atoms with Crippen molar-refractivity contribution in [2.45, 2.75) is 26.3 Å². The van der Waals surface area contributed by atoms with Crippen molar-refractivity contribution in [2.75, 3.05) is 30.4 Å². The summed E-state index contributed by atoms with van der Waals surface area (Å²) in [5, 5.41) is 11.2. The van der Waals surface area contributed by atoms with E-state index >= 15 is 0 Å². The van der Waals surface area contributed by atoms with E-state index in [2.05, 4.69) is 33.6 Å². The molecule has 0 aliphatic rings. The molecule has 0 radical (unpaired) electrons. The van der Waals surface area contributed by atoms with Gasteiger partial charge in [-0.2, -0.15) is 9.61 Å². The molecule has 3 aromatic heterocycles. The number of fused-ring (bicyclic) bond motifs is 1. The number of rotatable bonds is 10. The molecule has 3 aromatic rings. The van der Waals surface area contributed by atoms with Crippen molar-refractivity contribution < 1.29 is 4.74 Å². The standard InChI is InChI=1S/C20H24N6O/c1-3-5-10-27-11-9-22-18-12-19(23-14-16-7-6-8-21-13-16)26-20(25-18)17(4-2)15-24-26/h1,6-8,12-13,15,23H,4-5,9-11,14H2,2H3,(H,22,25). The highest BCUT2D eigenvalue weighted by atomic mass is 16.5. The summed E-state index contributed by atoms with van der Waals surface area (Å²) in [6.07, 6.45) is 12.2. The summed E-state index contributed by atoms with van der Waals surface area (Å²) in [4.78, 5) is 8.86. The number of hydrogen-bond donors (Lipinski definition) is 2. The Morgan fingerprint density at radius 3 is 2.96 bits per heavy atom. The average molecular weight is 364 g/mol. The van der Waals surface area contributed by atoms with Gasteiger partial charge in [0.1, 0.15) is 11.6 Å². The van der Waals surface area contributed by atoms with Gasteiger partial charge in [0.2, 0.25) is 0 Å². The largest absolute Gasteiger partial charge is 0.379 e. The van der Waals surface area contributed by atoms with Gasteiger partial charge in [0, 0.05) is 43.5 Å². The molecule has 140 valence electrons. The molecule has 0 saturated heterocycles. The molecule has 3 heterocycles. The Morgan fingerprint density at radius 2 is 2.19 bits per heavy atom. The minimum Gasteiger partial charge on any atom is -0.379 e. The number of aromatic nitrogens is 4. The molecular formula is C20H24N6O. The molecule has 2 N–H and O–H groups in total. The van der Waals surface area contributed by atoms with Crippen LogP contribution in [0.2, 0.25) is 0 Å². The van der Waals surface area contributed by atoms with E-state index in [1.54, 1.807) is 6.20 Å². The van der Waals surface area contributed by atoms with Crippen LogP contribution in [0, 0.1) is 12.3 Å². The monoisotopic (exact) mass is 364 g/mol. The van der Waals surface area contributed by atoms with E-state index in [-0.39, 0.29) is 0 Å². The SMILES string of the molecule is C#CCCOCCNc1cc(NCc2cccnc2)n2ncc(CC)c2n1. The third-order valence-electron chi connectivity index (χ3n) is 4.07. The van der Waals surface area contributed by atoms with Crippen molar-refractivity contribution in [1.82, 2.24) is 19.6 Å². The molecule has 0 aromatic carbocycles. The highest BCUT2D eigenvalue weighted by Crippen LogP contribution is 2.20. The normalized spacial score (nSPS) is 10.7. The second-order valence-electron chi connectivity index (χ2n) is 5.99. The van der Waals surface area contributed by atoms with Crippen molar-refractivity contribution in [3.63, 3.8) is 0 Å². The van der Waals surface area contributed by atoms with Crippen molar-refractivity contribution >= 4 is 17.3 Å². The van der Waals surface area contributed by atoms with Crippen molar-refractivity contribution in [3.05, 3.63) is 47.9 Å². The Labute approximate surface area is 159 Å². The van der Waals surface area contributed by atoms with Crippen molar-refractivity contribution in [1.29, 1.82) is 0 Å². The average Bonchev–Trinajstić information content (AvgIpc) is 3.13. The van der Waals surface area contributed by atoms with E-state index in [0.29, 0.717) is 32.7 Å². The van der Waals surface area contributed by atoms with E-state index in [1.807, 2.05) is 35.1 Å². The molecule has 27 heavy (non-hydrogen) atoms. The third-order valence-corrected chi connectivity index (χ3v) is 4.07. The van der Waals surface area contributed by atoms with Crippen molar-refractivity contribution in [3.8, 4) is 12.3 Å². The number of anilines is 2. The Balaban J connectivity index is 1.73. The number of terminal acetylenes is 1. The Kier molecular flexibility index (Phi) is 6.61. The molecule has 0 unspecified atom stereocenters. The summed E-state index contributed by atoms with van der Waals surface area (Å²) in [6, 6.07) is 5.91. The van der Waals surface area contributed by atoms with Crippen LogP contribution in [0.4, 0.5) is 11.6 Å². The fourth-order valence-electron chi connectivity index (χ4n) is 2.65. The van der Waals surface area contributed by atoms with Crippen LogP contribution in [0.25, 0.3) is 5.65 Å². The predicted octanol–water partition coefficient (Wildman–Crippen LogP) is 2.75. The molecule has 0 saturated carbocycles. The lowest BCUT2D eigenvalue weighted by molar-refractivity contribution is 0.150. The van der Waals surface area contributed by atoms with Gasteiger partial charge in [-0.25, -0.2) is 4.98 Å². The fraction of sp³-hybridized carbons (Fsp3) is 0.350. The zero-order chi connectivity index (χ0) is 18.9. The third kappa shape index (κ3) is 4.96. The van der Waals surface area contributed by atoms with Gasteiger partial charge in [-0.05, 0) is 18.1 Å². The highest BCUT2D eigenvalue weighted by Gasteiger charge is 2.10. The van der Waals surface area contributed by atoms with E-state index in [1.165, 1.54) is 0 Å². The van der Waals surface area contributed by atoms with Crippen LogP contribution in [-0.4, -0.2) is 39.3 Å². The number of ether oxygens (including phenoxy) is 1. The summed E-state index contributed by atoms with van der Waals surface area (Å²) >= 11 is 0. The zero-order valence-corrected chi connectivity index (χ0v) is 15.5. The Morgan fingerprint density at radius 1 is 1.26 bits per heavy atom. The van der Waals surface area contributed by atoms with Crippen LogP contribution in [0.1, 0.15) is 24.5 Å². The Hall–Kier alpha value is -3.11. The van der Waals surface area contributed by atoms with E-state index in [9.17, 15) is 0 Å². The van der Waals surface area contributed by atoms with Crippen LogP contribution in [-0.2, 0) is 17.7 Å². The minimum atomic E-state index is 0.575. The van der Waals surface area contributed by atoms with E-state index in [0.717, 1.165) is 34.8 Å². The number of nitrogens with one attached hydrogen (secondary N) is 2. The first-order chi connectivity index (χ1) is 13.3. The number of pyridine rings is 1. The second-order valence-corrected chi connectivity index (χ2v) is 5.99. The molecule has 7 heteroatoms. The number of nitrogens with zero attached hydrogens (tertiary/aromatic N) is 4. The van der Waals surface area contributed by atoms with Crippen LogP contribution in [0.15, 0.2) is 36.8 Å². The summed E-state index contributed by atoms with van der Waals surface area (Å²) in [7, 11) is 0. The second kappa shape index (κ2) is 9.55. The van der Waals surface area contributed by atoms with E-state index in [4.69, 9.17) is 16.1 Å². The van der Waals surface area contributed by atoms with Crippen LogP contribution in [0.5, 0.6) is 0 Å². The molecule has 3 rings (SSSR count). The van der Waals surface area contributed by atoms with Crippen LogP contribution >= 0.6 is 0 Å². The van der Waals surface area contributed by atoms with Gasteiger partial charge in [-0.1, -0.05) is 13.0 Å². The first-order valence-corrected chi connectivity index (χ1v) is 9.07. The maximum absolute atomic E-state index is 5.48. The first-order valence-electron chi connectivity index (χ1n) is 9.07. The molecule has 7 nitrogen and oxygen atoms in total. The van der Waals surface area contributed by atoms with Gasteiger partial charge < -0.3 is 15.4 Å². The first kappa shape index (κ1) is 18.7. The summed E-state index contributed by atoms with van der Waals surface area (Å²) in [6.45, 7) is 4.56. The smallest absolute Gasteiger partial charge is 0.162 e. The van der Waals surface area contributed by atoms with Gasteiger partial charge in [0.05, 0.1) is 19.4 Å². The van der Waals surface area contributed by atoms with Crippen molar-refractivity contribution in [2.24, 2.45) is 0 Å².